The van der Waals surface area contributed by atoms with E-state index < -0.39 is 5.92 Å². The Morgan fingerprint density at radius 1 is 1.21 bits per heavy atom. The zero-order valence-electron chi connectivity index (χ0n) is 16.2. The number of thiazole rings is 1. The molecule has 28 heavy (non-hydrogen) atoms. The Morgan fingerprint density at radius 3 is 2.61 bits per heavy atom. The van der Waals surface area contributed by atoms with Crippen molar-refractivity contribution in [2.45, 2.75) is 32.6 Å². The minimum atomic E-state index is -0.918. The Balaban J connectivity index is 1.69. The topological polar surface area (TPSA) is 63.0 Å². The number of carbonyl (C=O) groups excluding carboxylic acids is 1. The minimum Gasteiger partial charge on any atom is -0.486 e. The number of hydrogen-bond donors (Lipinski definition) is 0. The van der Waals surface area contributed by atoms with E-state index in [1.54, 1.807) is 0 Å². The number of benzene rings is 2. The lowest BCUT2D eigenvalue weighted by Crippen LogP contribution is -2.19. The molecule has 5 heteroatoms. The van der Waals surface area contributed by atoms with Gasteiger partial charge in [0.15, 0.2) is 11.7 Å². The summed E-state index contributed by atoms with van der Waals surface area (Å²) in [6, 6.07) is 17.6. The Bertz CT molecular complexity index is 1000. The van der Waals surface area contributed by atoms with Crippen molar-refractivity contribution in [3.05, 3.63) is 70.0 Å². The van der Waals surface area contributed by atoms with Crippen LogP contribution in [0.5, 0.6) is 5.75 Å². The first kappa shape index (κ1) is 19.8. The molecule has 0 spiro atoms. The van der Waals surface area contributed by atoms with Crippen LogP contribution >= 0.6 is 11.3 Å². The standard InChI is InChI=1S/C23H22N2O2S/c1-15(2)19-10-9-18(11-16(19)3)27-13-22(26)20(12-24)23-25-21(14-28-23)17-7-5-4-6-8-17/h4-11,14-15,20H,13H2,1-3H3. The lowest BCUT2D eigenvalue weighted by Gasteiger charge is -2.12. The van der Waals surface area contributed by atoms with E-state index in [0.29, 0.717) is 16.7 Å². The van der Waals surface area contributed by atoms with Gasteiger partial charge < -0.3 is 4.74 Å². The van der Waals surface area contributed by atoms with Crippen LogP contribution in [0, 0.1) is 18.3 Å². The van der Waals surface area contributed by atoms with Gasteiger partial charge in [0.1, 0.15) is 17.4 Å². The second-order valence-electron chi connectivity index (χ2n) is 6.93. The Kier molecular flexibility index (Phi) is 6.23. The third kappa shape index (κ3) is 4.47. The molecule has 0 radical (unpaired) electrons. The van der Waals surface area contributed by atoms with Gasteiger partial charge in [-0.25, -0.2) is 4.98 Å². The first-order chi connectivity index (χ1) is 13.5. The van der Waals surface area contributed by atoms with Gasteiger partial charge in [-0.2, -0.15) is 5.26 Å². The van der Waals surface area contributed by atoms with Crippen LogP contribution in [0.2, 0.25) is 0 Å². The number of hydrogen-bond acceptors (Lipinski definition) is 5. The predicted molar refractivity (Wildman–Crippen MR) is 112 cm³/mol. The van der Waals surface area contributed by atoms with E-state index in [0.717, 1.165) is 16.8 Å². The summed E-state index contributed by atoms with van der Waals surface area (Å²) >= 11 is 1.32. The molecule has 4 nitrogen and oxygen atoms in total. The number of ketones is 1. The van der Waals surface area contributed by atoms with E-state index in [2.05, 4.69) is 24.9 Å². The first-order valence-corrected chi connectivity index (χ1v) is 10.0. The van der Waals surface area contributed by atoms with E-state index in [1.165, 1.54) is 16.9 Å². The number of ether oxygens (including phenoxy) is 1. The summed E-state index contributed by atoms with van der Waals surface area (Å²) in [5, 5.41) is 11.9. The zero-order chi connectivity index (χ0) is 20.1. The van der Waals surface area contributed by atoms with Crippen molar-refractivity contribution in [3.8, 4) is 23.1 Å². The average Bonchev–Trinajstić information content (AvgIpc) is 3.17. The molecule has 1 aromatic heterocycles. The number of Topliss-reactive ketones (excluding diaryl/α,β-unsaturated/α-hetero) is 1. The second kappa shape index (κ2) is 8.81. The summed E-state index contributed by atoms with van der Waals surface area (Å²) in [7, 11) is 0. The molecular formula is C23H22N2O2S. The third-order valence-corrected chi connectivity index (χ3v) is 5.44. The number of nitrogens with zero attached hydrogens (tertiary/aromatic N) is 2. The molecule has 0 aliphatic carbocycles. The van der Waals surface area contributed by atoms with E-state index in [1.807, 2.05) is 60.8 Å². The van der Waals surface area contributed by atoms with E-state index in [4.69, 9.17) is 4.74 Å². The van der Waals surface area contributed by atoms with Crippen LogP contribution in [-0.4, -0.2) is 17.4 Å². The van der Waals surface area contributed by atoms with Gasteiger partial charge >= 0.3 is 0 Å². The number of aryl methyl sites for hydroxylation is 1. The van der Waals surface area contributed by atoms with Crippen LogP contribution < -0.4 is 4.74 Å². The Labute approximate surface area is 169 Å². The van der Waals surface area contributed by atoms with Crippen LogP contribution in [0.15, 0.2) is 53.9 Å². The SMILES string of the molecule is Cc1cc(OCC(=O)C(C#N)c2nc(-c3ccccc3)cs2)ccc1C(C)C. The molecular weight excluding hydrogens is 368 g/mol. The fourth-order valence-corrected chi connectivity index (χ4v) is 3.94. The maximum Gasteiger partial charge on any atom is 0.194 e. The summed E-state index contributed by atoms with van der Waals surface area (Å²) in [6.07, 6.45) is 0. The molecule has 1 heterocycles. The number of rotatable bonds is 7. The summed E-state index contributed by atoms with van der Waals surface area (Å²) in [4.78, 5) is 17.1. The number of carbonyl (C=O) groups is 1. The summed E-state index contributed by atoms with van der Waals surface area (Å²) in [5.74, 6) is -0.140. The fourth-order valence-electron chi connectivity index (χ4n) is 3.05. The molecule has 0 amide bonds. The number of aromatic nitrogens is 1. The molecule has 0 bridgehead atoms. The van der Waals surface area contributed by atoms with Crippen molar-refractivity contribution in [3.63, 3.8) is 0 Å². The molecule has 0 saturated heterocycles. The highest BCUT2D eigenvalue weighted by Gasteiger charge is 2.24. The Hall–Kier alpha value is -2.97. The van der Waals surface area contributed by atoms with Crippen molar-refractivity contribution in [2.24, 2.45) is 0 Å². The lowest BCUT2D eigenvalue weighted by molar-refractivity contribution is -0.121. The highest BCUT2D eigenvalue weighted by Crippen LogP contribution is 2.28. The van der Waals surface area contributed by atoms with Gasteiger partial charge in [-0.1, -0.05) is 50.2 Å². The molecule has 0 saturated carbocycles. The molecule has 142 valence electrons. The van der Waals surface area contributed by atoms with Gasteiger partial charge in [0.25, 0.3) is 0 Å². The average molecular weight is 391 g/mol. The van der Waals surface area contributed by atoms with Crippen LogP contribution in [0.3, 0.4) is 0 Å². The maximum absolute atomic E-state index is 12.6. The molecule has 0 N–H and O–H groups in total. The van der Waals surface area contributed by atoms with Gasteiger partial charge in [0.2, 0.25) is 0 Å². The molecule has 0 aliphatic heterocycles. The molecule has 1 atom stereocenters. The van der Waals surface area contributed by atoms with Crippen molar-refractivity contribution >= 4 is 17.1 Å². The zero-order valence-corrected chi connectivity index (χ0v) is 17.0. The van der Waals surface area contributed by atoms with Crippen molar-refractivity contribution in [1.82, 2.24) is 4.98 Å². The molecule has 2 aromatic carbocycles. The van der Waals surface area contributed by atoms with Crippen LogP contribution in [0.1, 0.15) is 41.8 Å². The van der Waals surface area contributed by atoms with E-state index in [-0.39, 0.29) is 12.4 Å². The normalized spacial score (nSPS) is 11.8. The molecule has 3 aromatic rings. The predicted octanol–water partition coefficient (Wildman–Crippen LogP) is 5.50. The monoisotopic (exact) mass is 390 g/mol. The third-order valence-electron chi connectivity index (χ3n) is 4.53. The lowest BCUT2D eigenvalue weighted by atomic mass is 9.98. The van der Waals surface area contributed by atoms with Crippen LogP contribution in [-0.2, 0) is 4.79 Å². The molecule has 0 fully saturated rings. The van der Waals surface area contributed by atoms with Gasteiger partial charge in [-0.3, -0.25) is 4.79 Å². The highest BCUT2D eigenvalue weighted by atomic mass is 32.1. The highest BCUT2D eigenvalue weighted by molar-refractivity contribution is 7.10. The van der Waals surface area contributed by atoms with Crippen LogP contribution in [0.25, 0.3) is 11.3 Å². The quantitative estimate of drug-likeness (QED) is 0.534. The summed E-state index contributed by atoms with van der Waals surface area (Å²) in [5.41, 5.74) is 4.12. The van der Waals surface area contributed by atoms with Crippen LogP contribution in [0.4, 0.5) is 0 Å². The van der Waals surface area contributed by atoms with Gasteiger partial charge in [-0.05, 0) is 36.1 Å². The van der Waals surface area contributed by atoms with Crippen molar-refractivity contribution < 1.29 is 9.53 Å². The van der Waals surface area contributed by atoms with Gasteiger partial charge in [0, 0.05) is 10.9 Å². The van der Waals surface area contributed by atoms with Crippen molar-refractivity contribution in [1.29, 1.82) is 5.26 Å². The summed E-state index contributed by atoms with van der Waals surface area (Å²) in [6.45, 7) is 6.16. The molecule has 3 rings (SSSR count). The van der Waals surface area contributed by atoms with Gasteiger partial charge in [0.05, 0.1) is 11.8 Å². The number of nitriles is 1. The first-order valence-electron chi connectivity index (χ1n) is 9.16. The van der Waals surface area contributed by atoms with E-state index in [9.17, 15) is 10.1 Å². The van der Waals surface area contributed by atoms with Gasteiger partial charge in [-0.15, -0.1) is 11.3 Å². The smallest absolute Gasteiger partial charge is 0.194 e. The van der Waals surface area contributed by atoms with Crippen molar-refractivity contribution in [2.75, 3.05) is 6.61 Å². The summed E-state index contributed by atoms with van der Waals surface area (Å²) < 4.78 is 5.66. The Morgan fingerprint density at radius 2 is 1.96 bits per heavy atom. The fraction of sp³-hybridized carbons (Fsp3) is 0.261. The maximum atomic E-state index is 12.6. The molecule has 0 aliphatic rings. The minimum absolute atomic E-state index is 0.154. The second-order valence-corrected chi connectivity index (χ2v) is 7.82. The molecule has 1 unspecified atom stereocenters. The largest absolute Gasteiger partial charge is 0.486 e. The van der Waals surface area contributed by atoms with E-state index >= 15 is 0 Å².